The Morgan fingerprint density at radius 2 is 1.63 bits per heavy atom. The van der Waals surface area contributed by atoms with Gasteiger partial charge in [0.15, 0.2) is 0 Å². The highest BCUT2D eigenvalue weighted by molar-refractivity contribution is 5.79. The molecule has 0 aromatic carbocycles. The predicted molar refractivity (Wildman–Crippen MR) is 101 cm³/mol. The summed E-state index contributed by atoms with van der Waals surface area (Å²) in [5, 5.41) is 17.8. The molecule has 4 fully saturated rings. The standard InChI is InChI=1S/C20H33N3O4/c1-2-3-16(18(25)26)12-22-17(24)4-5-21-19(27)23-20-9-13-6-14(10-20)8-15(7-13)11-20/h13-16H,2-12H2,1H3,(H,22,24)(H,25,26)(H2,21,23,27). The van der Waals surface area contributed by atoms with Crippen LogP contribution in [-0.2, 0) is 9.59 Å². The highest BCUT2D eigenvalue weighted by atomic mass is 16.4. The van der Waals surface area contributed by atoms with E-state index in [1.165, 1.54) is 19.3 Å². The molecule has 1 unspecified atom stereocenters. The van der Waals surface area contributed by atoms with Crippen molar-refractivity contribution in [3.8, 4) is 0 Å². The molecule has 7 heteroatoms. The molecular weight excluding hydrogens is 346 g/mol. The number of hydrogen-bond donors (Lipinski definition) is 4. The molecule has 0 saturated heterocycles. The molecule has 4 aliphatic rings. The van der Waals surface area contributed by atoms with E-state index >= 15 is 0 Å². The van der Waals surface area contributed by atoms with Crippen molar-refractivity contribution < 1.29 is 19.5 Å². The molecule has 0 radical (unpaired) electrons. The van der Waals surface area contributed by atoms with Crippen LogP contribution in [0, 0.1) is 23.7 Å². The second kappa shape index (κ2) is 8.48. The predicted octanol–water partition coefficient (Wildman–Crippen LogP) is 2.26. The van der Waals surface area contributed by atoms with E-state index in [-0.39, 0.29) is 37.0 Å². The third-order valence-corrected chi connectivity index (χ3v) is 6.59. The Balaban J connectivity index is 1.35. The summed E-state index contributed by atoms with van der Waals surface area (Å²) in [5.74, 6) is 0.650. The number of urea groups is 1. The molecule has 4 rings (SSSR count). The van der Waals surface area contributed by atoms with Gasteiger partial charge >= 0.3 is 12.0 Å². The molecule has 4 saturated carbocycles. The summed E-state index contributed by atoms with van der Waals surface area (Å²) < 4.78 is 0. The molecule has 4 aliphatic carbocycles. The van der Waals surface area contributed by atoms with Crippen LogP contribution in [0.5, 0.6) is 0 Å². The largest absolute Gasteiger partial charge is 0.481 e. The lowest BCUT2D eigenvalue weighted by Crippen LogP contribution is -2.61. The summed E-state index contributed by atoms with van der Waals surface area (Å²) in [7, 11) is 0. The maximum atomic E-state index is 12.3. The first-order valence-corrected chi connectivity index (χ1v) is 10.4. The zero-order chi connectivity index (χ0) is 19.4. The number of aliphatic carboxylic acids is 1. The number of carbonyl (C=O) groups excluding carboxylic acids is 2. The minimum absolute atomic E-state index is 0.0318. The van der Waals surface area contributed by atoms with Gasteiger partial charge < -0.3 is 21.1 Å². The smallest absolute Gasteiger partial charge is 0.315 e. The van der Waals surface area contributed by atoms with Gasteiger partial charge in [0, 0.05) is 25.0 Å². The zero-order valence-electron chi connectivity index (χ0n) is 16.3. The molecule has 0 aliphatic heterocycles. The molecule has 4 bridgehead atoms. The Labute approximate surface area is 161 Å². The molecule has 152 valence electrons. The third kappa shape index (κ3) is 5.14. The average molecular weight is 380 g/mol. The molecule has 0 aromatic heterocycles. The molecular formula is C20H33N3O4. The molecule has 0 aromatic rings. The lowest BCUT2D eigenvalue weighted by atomic mass is 9.53. The Morgan fingerprint density at radius 1 is 1.04 bits per heavy atom. The van der Waals surface area contributed by atoms with Gasteiger partial charge in [0.05, 0.1) is 5.92 Å². The summed E-state index contributed by atoms with van der Waals surface area (Å²) in [6, 6.07) is -0.181. The van der Waals surface area contributed by atoms with Crippen LogP contribution in [-0.4, -0.2) is 41.6 Å². The quantitative estimate of drug-likeness (QED) is 0.493. The van der Waals surface area contributed by atoms with E-state index in [1.54, 1.807) is 0 Å². The van der Waals surface area contributed by atoms with Crippen molar-refractivity contribution in [2.45, 2.75) is 70.3 Å². The molecule has 0 spiro atoms. The minimum Gasteiger partial charge on any atom is -0.481 e. The summed E-state index contributed by atoms with van der Waals surface area (Å²) >= 11 is 0. The Hall–Kier alpha value is -1.79. The van der Waals surface area contributed by atoms with Crippen molar-refractivity contribution in [3.63, 3.8) is 0 Å². The summed E-state index contributed by atoms with van der Waals surface area (Å²) in [4.78, 5) is 35.3. The topological polar surface area (TPSA) is 108 Å². The van der Waals surface area contributed by atoms with Crippen molar-refractivity contribution in [1.82, 2.24) is 16.0 Å². The van der Waals surface area contributed by atoms with Gasteiger partial charge in [-0.1, -0.05) is 13.3 Å². The van der Waals surface area contributed by atoms with Crippen molar-refractivity contribution >= 4 is 17.9 Å². The fourth-order valence-corrected chi connectivity index (χ4v) is 5.83. The number of carboxylic acid groups (broad SMARTS) is 1. The first-order valence-electron chi connectivity index (χ1n) is 10.4. The van der Waals surface area contributed by atoms with Gasteiger partial charge in [-0.15, -0.1) is 0 Å². The van der Waals surface area contributed by atoms with E-state index in [0.29, 0.717) is 6.42 Å². The minimum atomic E-state index is -0.884. The summed E-state index contributed by atoms with van der Waals surface area (Å²) in [6.07, 6.45) is 8.75. The van der Waals surface area contributed by atoms with Gasteiger partial charge in [-0.25, -0.2) is 4.79 Å². The molecule has 1 atom stereocenters. The number of carbonyl (C=O) groups is 3. The summed E-state index contributed by atoms with van der Waals surface area (Å²) in [6.45, 7) is 2.32. The lowest BCUT2D eigenvalue weighted by Gasteiger charge is -2.56. The maximum Gasteiger partial charge on any atom is 0.315 e. The van der Waals surface area contributed by atoms with E-state index in [2.05, 4.69) is 16.0 Å². The number of hydrogen-bond acceptors (Lipinski definition) is 3. The van der Waals surface area contributed by atoms with E-state index in [0.717, 1.165) is 43.4 Å². The van der Waals surface area contributed by atoms with Gasteiger partial charge in [-0.05, 0) is 62.7 Å². The second-order valence-corrected chi connectivity index (χ2v) is 8.96. The van der Waals surface area contributed by atoms with Crippen molar-refractivity contribution in [1.29, 1.82) is 0 Å². The number of amides is 3. The molecule has 27 heavy (non-hydrogen) atoms. The maximum absolute atomic E-state index is 12.3. The highest BCUT2D eigenvalue weighted by Gasteiger charge is 2.51. The van der Waals surface area contributed by atoms with E-state index in [4.69, 9.17) is 5.11 Å². The van der Waals surface area contributed by atoms with Crippen LogP contribution in [0.2, 0.25) is 0 Å². The van der Waals surface area contributed by atoms with Crippen LogP contribution in [0.1, 0.15) is 64.7 Å². The number of nitrogens with one attached hydrogen (secondary N) is 3. The van der Waals surface area contributed by atoms with Crippen LogP contribution in [0.15, 0.2) is 0 Å². The fraction of sp³-hybridized carbons (Fsp3) is 0.850. The molecule has 4 N–H and O–H groups in total. The second-order valence-electron chi connectivity index (χ2n) is 8.96. The van der Waals surface area contributed by atoms with Crippen molar-refractivity contribution in [2.24, 2.45) is 23.7 Å². The van der Waals surface area contributed by atoms with Crippen LogP contribution in [0.4, 0.5) is 4.79 Å². The van der Waals surface area contributed by atoms with Crippen molar-refractivity contribution in [2.75, 3.05) is 13.1 Å². The SMILES string of the molecule is CCCC(CNC(=O)CCNC(=O)NC12CC3CC(CC(C3)C1)C2)C(=O)O. The van der Waals surface area contributed by atoms with Gasteiger partial charge in [0.2, 0.25) is 5.91 Å². The van der Waals surface area contributed by atoms with Crippen LogP contribution < -0.4 is 16.0 Å². The molecule has 0 heterocycles. The Morgan fingerprint density at radius 3 is 2.15 bits per heavy atom. The lowest BCUT2D eigenvalue weighted by molar-refractivity contribution is -0.141. The van der Waals surface area contributed by atoms with Crippen LogP contribution in [0.3, 0.4) is 0 Å². The molecule has 7 nitrogen and oxygen atoms in total. The molecule has 3 amide bonds. The zero-order valence-corrected chi connectivity index (χ0v) is 16.3. The van der Waals surface area contributed by atoms with E-state index in [9.17, 15) is 14.4 Å². The third-order valence-electron chi connectivity index (χ3n) is 6.59. The normalized spacial score (nSPS) is 32.0. The van der Waals surface area contributed by atoms with Gasteiger partial charge in [0.1, 0.15) is 0 Å². The Kier molecular flexibility index (Phi) is 6.27. The fourth-order valence-electron chi connectivity index (χ4n) is 5.83. The number of carboxylic acids is 1. The van der Waals surface area contributed by atoms with E-state index < -0.39 is 11.9 Å². The van der Waals surface area contributed by atoms with Gasteiger partial charge in [0.25, 0.3) is 0 Å². The average Bonchev–Trinajstić information content (AvgIpc) is 2.56. The van der Waals surface area contributed by atoms with Gasteiger partial charge in [-0.3, -0.25) is 9.59 Å². The van der Waals surface area contributed by atoms with E-state index in [1.807, 2.05) is 6.92 Å². The first kappa shape index (κ1) is 20.0. The highest BCUT2D eigenvalue weighted by Crippen LogP contribution is 2.55. The van der Waals surface area contributed by atoms with Crippen molar-refractivity contribution in [3.05, 3.63) is 0 Å². The summed E-state index contributed by atoms with van der Waals surface area (Å²) in [5.41, 5.74) is -0.0318. The Bertz CT molecular complexity index is 542. The number of rotatable bonds is 9. The van der Waals surface area contributed by atoms with Crippen LogP contribution >= 0.6 is 0 Å². The monoisotopic (exact) mass is 379 g/mol. The van der Waals surface area contributed by atoms with Gasteiger partial charge in [-0.2, -0.15) is 0 Å². The van der Waals surface area contributed by atoms with Crippen LogP contribution in [0.25, 0.3) is 0 Å². The first-order chi connectivity index (χ1) is 12.9.